The van der Waals surface area contributed by atoms with Gasteiger partial charge in [-0.1, -0.05) is 6.92 Å². The molecule has 1 heterocycles. The van der Waals surface area contributed by atoms with E-state index in [1.165, 1.54) is 0 Å². The summed E-state index contributed by atoms with van der Waals surface area (Å²) in [5.41, 5.74) is 0.903. The highest BCUT2D eigenvalue weighted by Gasteiger charge is 2.13. The van der Waals surface area contributed by atoms with Crippen molar-refractivity contribution < 1.29 is 4.79 Å². The normalized spacial score (nSPS) is 12.8. The molecule has 0 bridgehead atoms. The van der Waals surface area contributed by atoms with Gasteiger partial charge in [0.25, 0.3) is 0 Å². The van der Waals surface area contributed by atoms with E-state index in [1.807, 2.05) is 26.3 Å². The van der Waals surface area contributed by atoms with Crippen molar-refractivity contribution in [2.24, 2.45) is 5.92 Å². The van der Waals surface area contributed by atoms with Crippen LogP contribution in [0.1, 0.15) is 17.6 Å². The number of hydrogen-bond donors (Lipinski definition) is 1. The molecule has 78 valence electrons. The van der Waals surface area contributed by atoms with Crippen LogP contribution in [0, 0.1) is 12.8 Å². The van der Waals surface area contributed by atoms with Gasteiger partial charge in [-0.2, -0.15) is 0 Å². The van der Waals surface area contributed by atoms with Crippen LogP contribution in [-0.4, -0.2) is 24.4 Å². The summed E-state index contributed by atoms with van der Waals surface area (Å²) in [6.07, 6.45) is 0.465. The Balaban J connectivity index is 2.48. The third kappa shape index (κ3) is 3.20. The smallest absolute Gasteiger partial charge is 0.142 e. The number of Topliss-reactive ketones (excluding diaryl/α,β-unsaturated/α-hetero) is 1. The summed E-state index contributed by atoms with van der Waals surface area (Å²) in [7, 11) is 1.86. The van der Waals surface area contributed by atoms with Crippen molar-refractivity contribution in [2.75, 3.05) is 13.6 Å². The van der Waals surface area contributed by atoms with Crippen molar-refractivity contribution >= 4 is 17.1 Å². The molecule has 0 fully saturated rings. The molecule has 1 aromatic heterocycles. The molecule has 3 nitrogen and oxygen atoms in total. The third-order valence-electron chi connectivity index (χ3n) is 2.08. The lowest BCUT2D eigenvalue weighted by Gasteiger charge is -2.07. The van der Waals surface area contributed by atoms with Crippen LogP contribution < -0.4 is 5.32 Å². The maximum atomic E-state index is 11.6. The molecule has 1 rings (SSSR count). The number of thiazole rings is 1. The first-order valence-corrected chi connectivity index (χ1v) is 5.59. The highest BCUT2D eigenvalue weighted by atomic mass is 32.1. The number of nitrogens with zero attached hydrogens (tertiary/aromatic N) is 1. The van der Waals surface area contributed by atoms with Crippen LogP contribution in [0.15, 0.2) is 5.38 Å². The molecule has 1 N–H and O–H groups in total. The summed E-state index contributed by atoms with van der Waals surface area (Å²) in [5, 5.41) is 5.98. The number of nitrogens with one attached hydrogen (secondary N) is 1. The Morgan fingerprint density at radius 3 is 2.93 bits per heavy atom. The van der Waals surface area contributed by atoms with E-state index in [1.54, 1.807) is 11.3 Å². The number of rotatable bonds is 5. The molecule has 0 amide bonds. The molecule has 0 saturated carbocycles. The van der Waals surface area contributed by atoms with Gasteiger partial charge >= 0.3 is 0 Å². The summed E-state index contributed by atoms with van der Waals surface area (Å²) in [4.78, 5) is 15.9. The third-order valence-corrected chi connectivity index (χ3v) is 2.90. The van der Waals surface area contributed by atoms with Crippen LogP contribution in [0.25, 0.3) is 0 Å². The fourth-order valence-electron chi connectivity index (χ4n) is 1.26. The topological polar surface area (TPSA) is 42.0 Å². The van der Waals surface area contributed by atoms with Gasteiger partial charge in [0.2, 0.25) is 0 Å². The minimum Gasteiger partial charge on any atom is -0.319 e. The van der Waals surface area contributed by atoms with Gasteiger partial charge < -0.3 is 5.32 Å². The van der Waals surface area contributed by atoms with Gasteiger partial charge in [0.15, 0.2) is 0 Å². The van der Waals surface area contributed by atoms with Crippen molar-refractivity contribution in [3.05, 3.63) is 16.1 Å². The average Bonchev–Trinajstić information content (AvgIpc) is 2.51. The van der Waals surface area contributed by atoms with Crippen molar-refractivity contribution in [3.8, 4) is 0 Å². The second-order valence-corrected chi connectivity index (χ2v) is 4.52. The maximum Gasteiger partial charge on any atom is 0.142 e. The Morgan fingerprint density at radius 1 is 1.71 bits per heavy atom. The van der Waals surface area contributed by atoms with E-state index < -0.39 is 0 Å². The fourth-order valence-corrected chi connectivity index (χ4v) is 1.87. The molecule has 4 heteroatoms. The molecule has 1 aromatic rings. The Bertz CT molecular complexity index is 309. The van der Waals surface area contributed by atoms with Crippen LogP contribution in [0.3, 0.4) is 0 Å². The first-order chi connectivity index (χ1) is 6.63. The highest BCUT2D eigenvalue weighted by molar-refractivity contribution is 7.09. The molecular weight excluding hydrogens is 196 g/mol. The van der Waals surface area contributed by atoms with Gasteiger partial charge in [-0.05, 0) is 14.0 Å². The van der Waals surface area contributed by atoms with Gasteiger partial charge in [-0.25, -0.2) is 4.98 Å². The lowest BCUT2D eigenvalue weighted by atomic mass is 10.0. The van der Waals surface area contributed by atoms with Crippen LogP contribution in [0.4, 0.5) is 0 Å². The van der Waals surface area contributed by atoms with Crippen molar-refractivity contribution in [1.82, 2.24) is 10.3 Å². The SMILES string of the molecule is CNCC(C)C(=O)Cc1csc(C)n1. The van der Waals surface area contributed by atoms with Gasteiger partial charge in [0, 0.05) is 24.3 Å². The molecule has 14 heavy (non-hydrogen) atoms. The van der Waals surface area contributed by atoms with E-state index in [9.17, 15) is 4.79 Å². The largest absolute Gasteiger partial charge is 0.319 e. The summed E-state index contributed by atoms with van der Waals surface area (Å²) in [6.45, 7) is 4.63. The zero-order valence-corrected chi connectivity index (χ0v) is 9.65. The van der Waals surface area contributed by atoms with Crippen molar-refractivity contribution in [3.63, 3.8) is 0 Å². The molecular formula is C10H16N2OS. The molecule has 0 spiro atoms. The number of aryl methyl sites for hydroxylation is 1. The predicted molar refractivity (Wildman–Crippen MR) is 58.7 cm³/mol. The fraction of sp³-hybridized carbons (Fsp3) is 0.600. The second kappa shape index (κ2) is 5.22. The lowest BCUT2D eigenvalue weighted by Crippen LogP contribution is -2.24. The minimum absolute atomic E-state index is 0.0713. The Kier molecular flexibility index (Phi) is 4.22. The molecule has 1 atom stereocenters. The first-order valence-electron chi connectivity index (χ1n) is 4.71. The Morgan fingerprint density at radius 2 is 2.43 bits per heavy atom. The van der Waals surface area contributed by atoms with Crippen molar-refractivity contribution in [1.29, 1.82) is 0 Å². The number of carbonyl (C=O) groups excluding carboxylic acids is 1. The van der Waals surface area contributed by atoms with E-state index >= 15 is 0 Å². The van der Waals surface area contributed by atoms with Gasteiger partial charge in [0.05, 0.1) is 10.7 Å². The number of hydrogen-bond acceptors (Lipinski definition) is 4. The van der Waals surface area contributed by atoms with E-state index in [0.717, 1.165) is 17.2 Å². The van der Waals surface area contributed by atoms with Gasteiger partial charge in [-0.15, -0.1) is 11.3 Å². The lowest BCUT2D eigenvalue weighted by molar-refractivity contribution is -0.121. The molecule has 0 aliphatic heterocycles. The van der Waals surface area contributed by atoms with Gasteiger partial charge in [0.1, 0.15) is 5.78 Å². The highest BCUT2D eigenvalue weighted by Crippen LogP contribution is 2.10. The molecule has 0 aliphatic rings. The molecule has 0 saturated heterocycles. The average molecular weight is 212 g/mol. The van der Waals surface area contributed by atoms with E-state index in [0.29, 0.717) is 6.42 Å². The molecule has 0 aliphatic carbocycles. The molecule has 0 radical (unpaired) electrons. The first kappa shape index (κ1) is 11.3. The van der Waals surface area contributed by atoms with E-state index in [-0.39, 0.29) is 11.7 Å². The van der Waals surface area contributed by atoms with Crippen LogP contribution >= 0.6 is 11.3 Å². The van der Waals surface area contributed by atoms with E-state index in [4.69, 9.17) is 0 Å². The maximum absolute atomic E-state index is 11.6. The quantitative estimate of drug-likeness (QED) is 0.802. The number of aromatic nitrogens is 1. The van der Waals surface area contributed by atoms with E-state index in [2.05, 4.69) is 10.3 Å². The summed E-state index contributed by atoms with van der Waals surface area (Å²) in [5.74, 6) is 0.326. The molecule has 1 unspecified atom stereocenters. The minimum atomic E-state index is 0.0713. The standard InChI is InChI=1S/C10H16N2OS/c1-7(5-11-3)10(13)4-9-6-14-8(2)12-9/h6-7,11H,4-5H2,1-3H3. The number of ketones is 1. The van der Waals surface area contributed by atoms with Crippen LogP contribution in [0.5, 0.6) is 0 Å². The number of carbonyl (C=O) groups is 1. The van der Waals surface area contributed by atoms with Crippen LogP contribution in [0.2, 0.25) is 0 Å². The summed E-state index contributed by atoms with van der Waals surface area (Å²) < 4.78 is 0. The molecule has 0 aromatic carbocycles. The zero-order valence-electron chi connectivity index (χ0n) is 8.83. The zero-order chi connectivity index (χ0) is 10.6. The monoisotopic (exact) mass is 212 g/mol. The van der Waals surface area contributed by atoms with Crippen LogP contribution in [-0.2, 0) is 11.2 Å². The Hall–Kier alpha value is -0.740. The predicted octanol–water partition coefficient (Wildman–Crippen LogP) is 1.42. The van der Waals surface area contributed by atoms with Gasteiger partial charge in [-0.3, -0.25) is 4.79 Å². The summed E-state index contributed by atoms with van der Waals surface area (Å²) in [6, 6.07) is 0. The second-order valence-electron chi connectivity index (χ2n) is 3.46. The summed E-state index contributed by atoms with van der Waals surface area (Å²) >= 11 is 1.59. The Labute approximate surface area is 88.6 Å². The van der Waals surface area contributed by atoms with Crippen molar-refractivity contribution in [2.45, 2.75) is 20.3 Å².